The van der Waals surface area contributed by atoms with Crippen LogP contribution in [0.3, 0.4) is 0 Å². The average Bonchev–Trinajstić information content (AvgIpc) is 3.01. The van der Waals surface area contributed by atoms with E-state index in [2.05, 4.69) is 54.4 Å². The fourth-order valence-corrected chi connectivity index (χ4v) is 3.57. The van der Waals surface area contributed by atoms with E-state index in [-0.39, 0.29) is 0 Å². The molecule has 0 aromatic heterocycles. The molecule has 3 rings (SSSR count). The maximum absolute atomic E-state index is 5.93. The SMILES string of the molecule is CC1CN(C(C)C2CCCO2)C(c2ccccc2)CN1. The molecule has 20 heavy (non-hydrogen) atoms. The Morgan fingerprint density at radius 1 is 1.30 bits per heavy atom. The highest BCUT2D eigenvalue weighted by molar-refractivity contribution is 5.20. The molecule has 2 aliphatic rings. The Labute approximate surface area is 122 Å². The van der Waals surface area contributed by atoms with Crippen LogP contribution in [-0.4, -0.2) is 42.8 Å². The molecule has 4 atom stereocenters. The number of hydrogen-bond donors (Lipinski definition) is 1. The zero-order valence-corrected chi connectivity index (χ0v) is 12.6. The van der Waals surface area contributed by atoms with Gasteiger partial charge in [0.05, 0.1) is 6.10 Å². The van der Waals surface area contributed by atoms with Gasteiger partial charge < -0.3 is 10.1 Å². The fraction of sp³-hybridized carbons (Fsp3) is 0.647. The molecule has 0 radical (unpaired) electrons. The Balaban J connectivity index is 1.79. The lowest BCUT2D eigenvalue weighted by Gasteiger charge is -2.44. The third-order valence-corrected chi connectivity index (χ3v) is 4.76. The number of nitrogens with one attached hydrogen (secondary N) is 1. The van der Waals surface area contributed by atoms with Gasteiger partial charge in [0.15, 0.2) is 0 Å². The van der Waals surface area contributed by atoms with Crippen LogP contribution in [0.25, 0.3) is 0 Å². The summed E-state index contributed by atoms with van der Waals surface area (Å²) in [5, 5.41) is 3.62. The van der Waals surface area contributed by atoms with Gasteiger partial charge in [-0.2, -0.15) is 0 Å². The number of piperazine rings is 1. The summed E-state index contributed by atoms with van der Waals surface area (Å²) < 4.78 is 5.93. The molecule has 2 fully saturated rings. The third kappa shape index (κ3) is 2.90. The van der Waals surface area contributed by atoms with Gasteiger partial charge in [-0.15, -0.1) is 0 Å². The highest BCUT2D eigenvalue weighted by atomic mass is 16.5. The minimum atomic E-state index is 0.409. The predicted molar refractivity (Wildman–Crippen MR) is 81.8 cm³/mol. The smallest absolute Gasteiger partial charge is 0.0728 e. The predicted octanol–water partition coefficient (Wildman–Crippen LogP) is 2.59. The summed E-state index contributed by atoms with van der Waals surface area (Å²) in [6.07, 6.45) is 2.83. The Bertz CT molecular complexity index is 416. The minimum absolute atomic E-state index is 0.409. The molecule has 0 aliphatic carbocycles. The van der Waals surface area contributed by atoms with Crippen molar-refractivity contribution in [2.75, 3.05) is 19.7 Å². The van der Waals surface area contributed by atoms with Crippen molar-refractivity contribution in [3.8, 4) is 0 Å². The van der Waals surface area contributed by atoms with Crippen LogP contribution < -0.4 is 5.32 Å². The molecule has 110 valence electrons. The second-order valence-corrected chi connectivity index (χ2v) is 6.22. The van der Waals surface area contributed by atoms with E-state index < -0.39 is 0 Å². The lowest BCUT2D eigenvalue weighted by atomic mass is 9.97. The second kappa shape index (κ2) is 6.25. The molecule has 1 aromatic rings. The van der Waals surface area contributed by atoms with E-state index in [1.54, 1.807) is 0 Å². The van der Waals surface area contributed by atoms with Crippen LogP contribution in [0, 0.1) is 0 Å². The van der Waals surface area contributed by atoms with E-state index >= 15 is 0 Å². The molecule has 1 aromatic carbocycles. The number of benzene rings is 1. The van der Waals surface area contributed by atoms with Crippen molar-refractivity contribution < 1.29 is 4.74 Å². The molecule has 3 heteroatoms. The van der Waals surface area contributed by atoms with Crippen LogP contribution in [0.5, 0.6) is 0 Å². The topological polar surface area (TPSA) is 24.5 Å². The summed E-state index contributed by atoms with van der Waals surface area (Å²) in [6, 6.07) is 12.4. The largest absolute Gasteiger partial charge is 0.377 e. The molecule has 2 saturated heterocycles. The van der Waals surface area contributed by atoms with Gasteiger partial charge in [0.2, 0.25) is 0 Å². The summed E-state index contributed by atoms with van der Waals surface area (Å²) in [6.45, 7) is 7.68. The molecule has 2 heterocycles. The second-order valence-electron chi connectivity index (χ2n) is 6.22. The van der Waals surface area contributed by atoms with Crippen molar-refractivity contribution in [1.82, 2.24) is 10.2 Å². The molecule has 2 aliphatic heterocycles. The van der Waals surface area contributed by atoms with Gasteiger partial charge in [-0.25, -0.2) is 0 Å². The van der Waals surface area contributed by atoms with Crippen LogP contribution in [0.15, 0.2) is 30.3 Å². The zero-order valence-electron chi connectivity index (χ0n) is 12.6. The van der Waals surface area contributed by atoms with Crippen molar-refractivity contribution >= 4 is 0 Å². The van der Waals surface area contributed by atoms with Crippen LogP contribution in [0.4, 0.5) is 0 Å². The summed E-state index contributed by atoms with van der Waals surface area (Å²) in [4.78, 5) is 2.65. The molecule has 1 N–H and O–H groups in total. The van der Waals surface area contributed by atoms with E-state index in [0.717, 1.165) is 19.7 Å². The van der Waals surface area contributed by atoms with Gasteiger partial charge in [-0.05, 0) is 32.3 Å². The van der Waals surface area contributed by atoms with Crippen LogP contribution in [-0.2, 0) is 4.74 Å². The summed E-state index contributed by atoms with van der Waals surface area (Å²) >= 11 is 0. The first-order valence-corrected chi connectivity index (χ1v) is 7.91. The molecular formula is C17H26N2O. The molecule has 4 unspecified atom stereocenters. The van der Waals surface area contributed by atoms with Crippen molar-refractivity contribution in [3.63, 3.8) is 0 Å². The Kier molecular flexibility index (Phi) is 4.39. The monoisotopic (exact) mass is 274 g/mol. The zero-order chi connectivity index (χ0) is 13.9. The lowest BCUT2D eigenvalue weighted by molar-refractivity contribution is -0.00359. The van der Waals surface area contributed by atoms with Crippen molar-refractivity contribution in [1.29, 1.82) is 0 Å². The molecule has 0 spiro atoms. The lowest BCUT2D eigenvalue weighted by Crippen LogP contribution is -2.56. The fourth-order valence-electron chi connectivity index (χ4n) is 3.57. The van der Waals surface area contributed by atoms with Crippen molar-refractivity contribution in [3.05, 3.63) is 35.9 Å². The number of hydrogen-bond acceptors (Lipinski definition) is 3. The van der Waals surface area contributed by atoms with E-state index in [1.807, 2.05) is 0 Å². The first-order chi connectivity index (χ1) is 9.75. The van der Waals surface area contributed by atoms with E-state index in [1.165, 1.54) is 18.4 Å². The summed E-state index contributed by atoms with van der Waals surface area (Å²) in [5.74, 6) is 0. The quantitative estimate of drug-likeness (QED) is 0.917. The maximum atomic E-state index is 5.93. The van der Waals surface area contributed by atoms with E-state index in [0.29, 0.717) is 24.2 Å². The third-order valence-electron chi connectivity index (χ3n) is 4.76. The highest BCUT2D eigenvalue weighted by Crippen LogP contribution is 2.29. The number of ether oxygens (including phenoxy) is 1. The van der Waals surface area contributed by atoms with Gasteiger partial charge in [-0.1, -0.05) is 30.3 Å². The Hall–Kier alpha value is -0.900. The van der Waals surface area contributed by atoms with Crippen LogP contribution >= 0.6 is 0 Å². The van der Waals surface area contributed by atoms with Gasteiger partial charge in [-0.3, -0.25) is 4.90 Å². The van der Waals surface area contributed by atoms with E-state index in [9.17, 15) is 0 Å². The molecule has 0 bridgehead atoms. The maximum Gasteiger partial charge on any atom is 0.0728 e. The minimum Gasteiger partial charge on any atom is -0.377 e. The molecule has 0 amide bonds. The standard InChI is InChI=1S/C17H26N2O/c1-13-12-19(14(2)17-9-6-10-20-17)16(11-18-13)15-7-4-3-5-8-15/h3-5,7-8,13-14,16-18H,6,9-12H2,1-2H3. The summed E-state index contributed by atoms with van der Waals surface area (Å²) in [7, 11) is 0. The molecular weight excluding hydrogens is 248 g/mol. The van der Waals surface area contributed by atoms with Crippen molar-refractivity contribution in [2.24, 2.45) is 0 Å². The number of nitrogens with zero attached hydrogens (tertiary/aromatic N) is 1. The highest BCUT2D eigenvalue weighted by Gasteiger charge is 2.35. The van der Waals surface area contributed by atoms with Crippen LogP contribution in [0.2, 0.25) is 0 Å². The van der Waals surface area contributed by atoms with Gasteiger partial charge in [0, 0.05) is 37.8 Å². The Morgan fingerprint density at radius 2 is 2.10 bits per heavy atom. The normalized spacial score (nSPS) is 33.2. The first-order valence-electron chi connectivity index (χ1n) is 7.91. The van der Waals surface area contributed by atoms with Crippen molar-refractivity contribution in [2.45, 2.75) is 50.9 Å². The molecule has 0 saturated carbocycles. The average molecular weight is 274 g/mol. The van der Waals surface area contributed by atoms with Crippen LogP contribution in [0.1, 0.15) is 38.3 Å². The molecule has 3 nitrogen and oxygen atoms in total. The van der Waals surface area contributed by atoms with E-state index in [4.69, 9.17) is 4.74 Å². The first kappa shape index (κ1) is 14.1. The Morgan fingerprint density at radius 3 is 2.80 bits per heavy atom. The number of rotatable bonds is 3. The van der Waals surface area contributed by atoms with Gasteiger partial charge in [0.25, 0.3) is 0 Å². The summed E-state index contributed by atoms with van der Waals surface area (Å²) in [5.41, 5.74) is 1.41. The van der Waals surface area contributed by atoms with Gasteiger partial charge >= 0.3 is 0 Å². The van der Waals surface area contributed by atoms with Gasteiger partial charge in [0.1, 0.15) is 0 Å².